The first kappa shape index (κ1) is 18.7. The number of furan rings is 1. The van der Waals surface area contributed by atoms with Crippen LogP contribution in [-0.4, -0.2) is 29.4 Å². The van der Waals surface area contributed by atoms with Gasteiger partial charge in [-0.2, -0.15) is 0 Å². The number of hydrogen-bond donors (Lipinski definition) is 0. The molecule has 0 aliphatic heterocycles. The molecule has 0 saturated heterocycles. The third kappa shape index (κ3) is 3.30. The molecular weight excluding hydrogens is 372 g/mol. The van der Waals surface area contributed by atoms with E-state index in [4.69, 9.17) is 14.1 Å². The maximum atomic E-state index is 13.3. The zero-order chi connectivity index (χ0) is 19.7. The minimum Gasteiger partial charge on any atom is -0.451 e. The summed E-state index contributed by atoms with van der Waals surface area (Å²) in [7, 11) is 1.79. The molecule has 0 fully saturated rings. The first-order valence-electron chi connectivity index (χ1n) is 9.31. The van der Waals surface area contributed by atoms with Crippen molar-refractivity contribution in [3.8, 4) is 0 Å². The Hall–Kier alpha value is -2.70. The van der Waals surface area contributed by atoms with Crippen LogP contribution in [0.15, 0.2) is 52.9 Å². The topological polar surface area (TPSA) is 55.6 Å². The van der Waals surface area contributed by atoms with Gasteiger partial charge in [-0.15, -0.1) is 11.3 Å². The highest BCUT2D eigenvalue weighted by Gasteiger charge is 2.27. The van der Waals surface area contributed by atoms with Gasteiger partial charge in [0.2, 0.25) is 0 Å². The van der Waals surface area contributed by atoms with Crippen molar-refractivity contribution in [1.82, 2.24) is 9.88 Å². The van der Waals surface area contributed by atoms with Gasteiger partial charge in [0.25, 0.3) is 5.91 Å². The highest BCUT2D eigenvalue weighted by Crippen LogP contribution is 2.32. The van der Waals surface area contributed by atoms with E-state index in [0.29, 0.717) is 24.6 Å². The fourth-order valence-corrected chi connectivity index (χ4v) is 4.25. The minimum absolute atomic E-state index is 0.168. The number of para-hydroxylation sites is 2. The fourth-order valence-electron chi connectivity index (χ4n) is 3.19. The average molecular weight is 394 g/mol. The molecule has 2 heterocycles. The summed E-state index contributed by atoms with van der Waals surface area (Å²) in [6.45, 7) is 4.84. The van der Waals surface area contributed by atoms with Crippen molar-refractivity contribution in [1.29, 1.82) is 0 Å². The van der Waals surface area contributed by atoms with Crippen LogP contribution in [0.2, 0.25) is 0 Å². The summed E-state index contributed by atoms with van der Waals surface area (Å²) in [4.78, 5) is 19.7. The second kappa shape index (κ2) is 7.73. The Morgan fingerprint density at radius 3 is 2.75 bits per heavy atom. The lowest BCUT2D eigenvalue weighted by molar-refractivity contribution is 0.0702. The molecular formula is C22H22N2O3S. The third-order valence-corrected chi connectivity index (χ3v) is 6.12. The predicted molar refractivity (Wildman–Crippen MR) is 112 cm³/mol. The van der Waals surface area contributed by atoms with E-state index in [2.05, 4.69) is 0 Å². The van der Waals surface area contributed by atoms with Gasteiger partial charge < -0.3 is 14.1 Å². The van der Waals surface area contributed by atoms with E-state index in [1.165, 1.54) is 0 Å². The number of thiazole rings is 1. The Morgan fingerprint density at radius 1 is 1.21 bits per heavy atom. The number of carbonyl (C=O) groups excluding carboxylic acids is 1. The number of ether oxygens (including phenoxy) is 1. The normalized spacial score (nSPS) is 12.5. The van der Waals surface area contributed by atoms with Crippen LogP contribution in [-0.2, 0) is 11.3 Å². The highest BCUT2D eigenvalue weighted by molar-refractivity contribution is 7.18. The van der Waals surface area contributed by atoms with Gasteiger partial charge in [-0.05, 0) is 32.0 Å². The number of rotatable bonds is 6. The van der Waals surface area contributed by atoms with E-state index in [9.17, 15) is 4.79 Å². The molecule has 1 unspecified atom stereocenters. The maximum Gasteiger partial charge on any atom is 0.290 e. The first-order chi connectivity index (χ1) is 13.6. The van der Waals surface area contributed by atoms with E-state index in [0.717, 1.165) is 26.2 Å². The molecule has 1 amide bonds. The standard InChI is InChI=1S/C22H22N2O3S/c1-4-26-13-16-15-9-5-7-11-18(15)27-20(16)22(25)24(3)14(2)21-23-17-10-6-8-12-19(17)28-21/h5-12,14H,4,13H2,1-3H3. The molecule has 6 heteroatoms. The van der Waals surface area contributed by atoms with Crippen LogP contribution in [0.3, 0.4) is 0 Å². The second-order valence-electron chi connectivity index (χ2n) is 6.65. The van der Waals surface area contributed by atoms with Gasteiger partial charge in [0, 0.05) is 24.6 Å². The molecule has 0 radical (unpaired) electrons. The van der Waals surface area contributed by atoms with Crippen LogP contribution >= 0.6 is 11.3 Å². The fraction of sp³-hybridized carbons (Fsp3) is 0.273. The summed E-state index contributed by atoms with van der Waals surface area (Å²) in [5, 5.41) is 1.82. The highest BCUT2D eigenvalue weighted by atomic mass is 32.1. The van der Waals surface area contributed by atoms with Gasteiger partial charge in [0.1, 0.15) is 10.6 Å². The number of aromatic nitrogens is 1. The number of benzene rings is 2. The molecule has 0 saturated carbocycles. The third-order valence-electron chi connectivity index (χ3n) is 4.91. The Labute approximate surface area is 167 Å². The lowest BCUT2D eigenvalue weighted by atomic mass is 10.1. The van der Waals surface area contributed by atoms with Gasteiger partial charge in [-0.1, -0.05) is 30.3 Å². The van der Waals surface area contributed by atoms with Gasteiger partial charge in [0.05, 0.1) is 22.9 Å². The van der Waals surface area contributed by atoms with Crippen LogP contribution in [0.25, 0.3) is 21.2 Å². The van der Waals surface area contributed by atoms with Crippen LogP contribution in [0.5, 0.6) is 0 Å². The zero-order valence-electron chi connectivity index (χ0n) is 16.1. The van der Waals surface area contributed by atoms with Crippen molar-refractivity contribution in [2.24, 2.45) is 0 Å². The summed E-state index contributed by atoms with van der Waals surface area (Å²) in [5.41, 5.74) is 2.45. The van der Waals surface area contributed by atoms with Crippen LogP contribution in [0, 0.1) is 0 Å². The van der Waals surface area contributed by atoms with E-state index < -0.39 is 0 Å². The molecule has 0 spiro atoms. The van der Waals surface area contributed by atoms with Gasteiger partial charge >= 0.3 is 0 Å². The van der Waals surface area contributed by atoms with Crippen molar-refractivity contribution < 1.29 is 13.9 Å². The lowest BCUT2D eigenvalue weighted by Crippen LogP contribution is -2.30. The molecule has 4 rings (SSSR count). The van der Waals surface area contributed by atoms with E-state index in [-0.39, 0.29) is 11.9 Å². The van der Waals surface area contributed by atoms with E-state index in [1.54, 1.807) is 23.3 Å². The lowest BCUT2D eigenvalue weighted by Gasteiger charge is -2.22. The van der Waals surface area contributed by atoms with Crippen molar-refractivity contribution in [2.75, 3.05) is 13.7 Å². The van der Waals surface area contributed by atoms with E-state index in [1.807, 2.05) is 62.4 Å². The van der Waals surface area contributed by atoms with Crippen molar-refractivity contribution >= 4 is 38.4 Å². The summed E-state index contributed by atoms with van der Waals surface area (Å²) >= 11 is 1.61. The van der Waals surface area contributed by atoms with Crippen LogP contribution < -0.4 is 0 Å². The minimum atomic E-state index is -0.169. The van der Waals surface area contributed by atoms with Crippen LogP contribution in [0.4, 0.5) is 0 Å². The Bertz CT molecular complexity index is 1100. The molecule has 0 bridgehead atoms. The smallest absolute Gasteiger partial charge is 0.290 e. The second-order valence-corrected chi connectivity index (χ2v) is 7.72. The Morgan fingerprint density at radius 2 is 1.96 bits per heavy atom. The summed E-state index contributed by atoms with van der Waals surface area (Å²) in [5.74, 6) is 0.169. The number of nitrogens with zero attached hydrogens (tertiary/aromatic N) is 2. The predicted octanol–water partition coefficient (Wildman–Crippen LogP) is 5.41. The average Bonchev–Trinajstić information content (AvgIpc) is 3.32. The SMILES string of the molecule is CCOCc1c(C(=O)N(C)C(C)c2nc3ccccc3s2)oc2ccccc12. The first-order valence-corrected chi connectivity index (χ1v) is 10.1. The monoisotopic (exact) mass is 394 g/mol. The van der Waals surface area contributed by atoms with Gasteiger partial charge in [-0.25, -0.2) is 4.98 Å². The molecule has 2 aromatic heterocycles. The molecule has 28 heavy (non-hydrogen) atoms. The van der Waals surface area contributed by atoms with Crippen molar-refractivity contribution in [2.45, 2.75) is 26.5 Å². The number of amides is 1. The molecule has 0 aliphatic rings. The molecule has 144 valence electrons. The van der Waals surface area contributed by atoms with Gasteiger partial charge in [-0.3, -0.25) is 4.79 Å². The molecule has 1 atom stereocenters. The maximum absolute atomic E-state index is 13.3. The Kier molecular flexibility index (Phi) is 5.15. The zero-order valence-corrected chi connectivity index (χ0v) is 17.0. The molecule has 5 nitrogen and oxygen atoms in total. The van der Waals surface area contributed by atoms with Crippen molar-refractivity contribution in [3.63, 3.8) is 0 Å². The summed E-state index contributed by atoms with van der Waals surface area (Å²) in [6, 6.07) is 15.5. The van der Waals surface area contributed by atoms with Crippen LogP contribution in [0.1, 0.15) is 41.0 Å². The number of carbonyl (C=O) groups is 1. The molecule has 0 aliphatic carbocycles. The quantitative estimate of drug-likeness (QED) is 0.439. The molecule has 0 N–H and O–H groups in total. The Balaban J connectivity index is 1.67. The summed E-state index contributed by atoms with van der Waals surface area (Å²) < 4.78 is 12.7. The number of fused-ring (bicyclic) bond motifs is 2. The number of hydrogen-bond acceptors (Lipinski definition) is 5. The molecule has 4 aromatic rings. The van der Waals surface area contributed by atoms with Gasteiger partial charge in [0.15, 0.2) is 5.76 Å². The largest absolute Gasteiger partial charge is 0.451 e. The molecule has 2 aromatic carbocycles. The van der Waals surface area contributed by atoms with Crippen molar-refractivity contribution in [3.05, 3.63) is 64.9 Å². The van der Waals surface area contributed by atoms with E-state index >= 15 is 0 Å². The summed E-state index contributed by atoms with van der Waals surface area (Å²) in [6.07, 6.45) is 0.